The van der Waals surface area contributed by atoms with Crippen LogP contribution in [0.2, 0.25) is 0 Å². The Morgan fingerprint density at radius 1 is 0.113 bits per heavy atom. The molecule has 9 aromatic heterocycles. The van der Waals surface area contributed by atoms with Crippen LogP contribution in [0.25, 0.3) is 267 Å². The molecule has 0 spiro atoms. The standard InChI is InChI=1S/3C46H30N4/c1-4-14-31(15-5-1)40-30-41(32-16-6-2-7-17-32)48-46(47-40)33-24-26-35(27-25-33)50-43-23-13-11-21-37(43)39-28-44-38(29-45(39)50)36-20-10-12-22-42(36)49(44)34-18-8-3-9-19-34;1-4-14-31(15-5-1)39-30-40(32-16-6-2-7-17-32)48-46(47-39)33-24-26-35(27-25-33)49-42-23-13-11-21-38(42)44-43(49)29-28-37-36-20-10-12-22-41(36)50(45(37)44)34-18-8-3-9-19-34;1-4-14-31(15-5-1)38-30-39(32-16-6-2-7-17-32)48-46(47-38)33-24-26-35(27-25-33)50-41-23-13-11-21-37(41)45-43(50)29-28-42-44(45)36-20-10-12-22-40(36)49(42)34-18-8-3-9-19-34/h3*1-30H. The molecule has 12 nitrogen and oxygen atoms in total. The first-order valence-corrected chi connectivity index (χ1v) is 50.8. The van der Waals surface area contributed by atoms with Gasteiger partial charge < -0.3 is 27.4 Å². The molecule has 9 heterocycles. The Hall–Kier alpha value is -20.3. The number of hydrogen-bond donors (Lipinski definition) is 0. The summed E-state index contributed by atoms with van der Waals surface area (Å²) in [7, 11) is 0. The predicted molar refractivity (Wildman–Crippen MR) is 621 cm³/mol. The molecule has 0 saturated carbocycles. The van der Waals surface area contributed by atoms with E-state index in [4.69, 9.17) is 29.9 Å². The van der Waals surface area contributed by atoms with Crippen LogP contribution in [-0.2, 0) is 0 Å². The van der Waals surface area contributed by atoms with Gasteiger partial charge in [-0.05, 0) is 194 Å². The quantitative estimate of drug-likeness (QED) is 0.101. The molecule has 0 saturated heterocycles. The van der Waals surface area contributed by atoms with Crippen molar-refractivity contribution in [3.05, 3.63) is 546 Å². The number of rotatable bonds is 15. The van der Waals surface area contributed by atoms with Crippen LogP contribution in [0.3, 0.4) is 0 Å². The second-order valence-corrected chi connectivity index (χ2v) is 37.9. The number of hydrogen-bond acceptors (Lipinski definition) is 6. The molecule has 702 valence electrons. The average molecular weight is 1920 g/mol. The fourth-order valence-electron chi connectivity index (χ4n) is 22.4. The molecule has 0 unspecified atom stereocenters. The van der Waals surface area contributed by atoms with Gasteiger partial charge >= 0.3 is 0 Å². The Kier molecular flexibility index (Phi) is 21.6. The molecule has 0 radical (unpaired) electrons. The van der Waals surface area contributed by atoms with Crippen molar-refractivity contribution in [3.63, 3.8) is 0 Å². The van der Waals surface area contributed by atoms with Gasteiger partial charge in [-0.25, -0.2) is 29.9 Å². The van der Waals surface area contributed by atoms with Gasteiger partial charge in [0.25, 0.3) is 0 Å². The average Bonchev–Trinajstić information content (AvgIpc) is 1.58. The van der Waals surface area contributed by atoms with Gasteiger partial charge in [0.05, 0.1) is 100 Å². The Morgan fingerprint density at radius 2 is 0.313 bits per heavy atom. The first-order valence-electron chi connectivity index (χ1n) is 50.8. The monoisotopic (exact) mass is 1910 g/mol. The van der Waals surface area contributed by atoms with Gasteiger partial charge in [0.1, 0.15) is 0 Å². The summed E-state index contributed by atoms with van der Waals surface area (Å²) in [5.74, 6) is 2.11. The molecule has 0 aliphatic heterocycles. The van der Waals surface area contributed by atoms with E-state index in [1.54, 1.807) is 0 Å². The molecule has 0 bridgehead atoms. The molecule has 12 heteroatoms. The number of fused-ring (bicyclic) bond motifs is 20. The van der Waals surface area contributed by atoms with Crippen LogP contribution in [0.15, 0.2) is 546 Å². The van der Waals surface area contributed by atoms with E-state index in [0.29, 0.717) is 17.5 Å². The minimum absolute atomic E-state index is 0.702. The summed E-state index contributed by atoms with van der Waals surface area (Å²) in [4.78, 5) is 30.4. The van der Waals surface area contributed by atoms with Crippen molar-refractivity contribution in [1.29, 1.82) is 0 Å². The van der Waals surface area contributed by atoms with E-state index in [9.17, 15) is 0 Å². The minimum Gasteiger partial charge on any atom is -0.309 e. The molecule has 150 heavy (non-hydrogen) atoms. The van der Waals surface area contributed by atoms with Crippen LogP contribution in [-0.4, -0.2) is 57.3 Å². The van der Waals surface area contributed by atoms with Gasteiger partial charge in [0.15, 0.2) is 17.5 Å². The van der Waals surface area contributed by atoms with Crippen LogP contribution < -0.4 is 0 Å². The molecule has 0 fully saturated rings. The summed E-state index contributed by atoms with van der Waals surface area (Å²) in [6.07, 6.45) is 0. The van der Waals surface area contributed by atoms with E-state index >= 15 is 0 Å². The number of aromatic nitrogens is 12. The van der Waals surface area contributed by atoms with Gasteiger partial charge in [-0.2, -0.15) is 0 Å². The van der Waals surface area contributed by atoms with E-state index in [1.807, 2.05) is 109 Å². The van der Waals surface area contributed by atoms with Crippen molar-refractivity contribution in [1.82, 2.24) is 57.3 Å². The van der Waals surface area contributed by atoms with Crippen molar-refractivity contribution >= 4 is 131 Å². The van der Waals surface area contributed by atoms with Crippen LogP contribution in [0.1, 0.15) is 0 Å². The highest BCUT2D eigenvalue weighted by Crippen LogP contribution is 2.48. The van der Waals surface area contributed by atoms with Gasteiger partial charge in [-0.15, -0.1) is 0 Å². The molecular weight excluding hydrogens is 1830 g/mol. The third-order valence-corrected chi connectivity index (χ3v) is 29.2. The maximum atomic E-state index is 5.06. The zero-order chi connectivity index (χ0) is 99.1. The van der Waals surface area contributed by atoms with Crippen molar-refractivity contribution < 1.29 is 0 Å². The van der Waals surface area contributed by atoms with E-state index in [-0.39, 0.29) is 0 Å². The highest BCUT2D eigenvalue weighted by Gasteiger charge is 2.27. The summed E-state index contributed by atoms with van der Waals surface area (Å²) in [5.41, 5.74) is 35.7. The zero-order valence-corrected chi connectivity index (χ0v) is 81.3. The lowest BCUT2D eigenvalue weighted by atomic mass is 10.1. The SMILES string of the molecule is c1ccc(-c2cc(-c3ccccc3)nc(-c3ccc(-n4c5ccccc5c5c4ccc4c6ccccc6n(-c6ccccc6)c45)cc3)n2)cc1.c1ccc(-c2cc(-c3ccccc3)nc(-c3ccc(-n4c5ccccc5c5c6c7ccccc7n(-c7ccccc7)c6ccc54)cc3)n2)cc1.c1ccc(-c2cc(-c3ccccc3)nc(-c3ccc(-n4c5ccccc5c5cc6c(cc54)c4ccccc4n6-c4ccccc4)cc3)n2)cc1. The fourth-order valence-corrected chi connectivity index (χ4v) is 22.4. The van der Waals surface area contributed by atoms with E-state index in [2.05, 4.69) is 464 Å². The molecule has 0 aliphatic carbocycles. The minimum atomic E-state index is 0.702. The smallest absolute Gasteiger partial charge is 0.160 e. The van der Waals surface area contributed by atoms with E-state index in [0.717, 1.165) is 118 Å². The third-order valence-electron chi connectivity index (χ3n) is 29.2. The second kappa shape index (κ2) is 37.1. The van der Waals surface area contributed by atoms with Crippen LogP contribution >= 0.6 is 0 Å². The highest BCUT2D eigenvalue weighted by atomic mass is 15.0. The Balaban J connectivity index is 0.000000108. The molecule has 0 amide bonds. The summed E-state index contributed by atoms with van der Waals surface area (Å²) in [6.45, 7) is 0. The second-order valence-electron chi connectivity index (χ2n) is 37.9. The predicted octanol–water partition coefficient (Wildman–Crippen LogP) is 35.0. The van der Waals surface area contributed by atoms with Crippen molar-refractivity contribution in [2.24, 2.45) is 0 Å². The maximum absolute atomic E-state index is 5.06. The number of benzene rings is 21. The molecule has 21 aromatic carbocycles. The fraction of sp³-hybridized carbons (Fsp3) is 0. The third kappa shape index (κ3) is 15.3. The lowest BCUT2D eigenvalue weighted by molar-refractivity contribution is 1.16. The largest absolute Gasteiger partial charge is 0.309 e. The first kappa shape index (κ1) is 87.5. The summed E-state index contributed by atoms with van der Waals surface area (Å²) in [5, 5.41) is 14.9. The van der Waals surface area contributed by atoms with Crippen molar-refractivity contribution in [2.45, 2.75) is 0 Å². The summed E-state index contributed by atoms with van der Waals surface area (Å²) in [6, 6.07) is 193. The van der Waals surface area contributed by atoms with E-state index in [1.165, 1.54) is 131 Å². The Labute approximate surface area is 863 Å². The van der Waals surface area contributed by atoms with Gasteiger partial charge in [0, 0.05) is 149 Å². The zero-order valence-electron chi connectivity index (χ0n) is 81.3. The van der Waals surface area contributed by atoms with Crippen LogP contribution in [0.5, 0.6) is 0 Å². The molecule has 30 aromatic rings. The Bertz CT molecular complexity index is 9990. The molecule has 0 aliphatic rings. The van der Waals surface area contributed by atoms with Gasteiger partial charge in [-0.1, -0.05) is 352 Å². The van der Waals surface area contributed by atoms with Crippen LogP contribution in [0.4, 0.5) is 0 Å². The topological polar surface area (TPSA) is 107 Å². The van der Waals surface area contributed by atoms with Crippen LogP contribution in [0, 0.1) is 0 Å². The maximum Gasteiger partial charge on any atom is 0.160 e. The lowest BCUT2D eigenvalue weighted by Crippen LogP contribution is -1.97. The highest BCUT2D eigenvalue weighted by molar-refractivity contribution is 6.30. The van der Waals surface area contributed by atoms with Gasteiger partial charge in [-0.3, -0.25) is 0 Å². The van der Waals surface area contributed by atoms with Gasteiger partial charge in [0.2, 0.25) is 0 Å². The van der Waals surface area contributed by atoms with E-state index < -0.39 is 0 Å². The normalized spacial score (nSPS) is 11.6. The van der Waals surface area contributed by atoms with Crippen molar-refractivity contribution in [3.8, 4) is 136 Å². The molecular formula is C138H90N12. The summed E-state index contributed by atoms with van der Waals surface area (Å²) >= 11 is 0. The lowest BCUT2D eigenvalue weighted by Gasteiger charge is -2.12. The van der Waals surface area contributed by atoms with Crippen molar-refractivity contribution in [2.75, 3.05) is 0 Å². The number of nitrogens with zero attached hydrogens (tertiary/aromatic N) is 12. The molecule has 30 rings (SSSR count). The molecule has 0 N–H and O–H groups in total. The number of para-hydroxylation sites is 9. The molecule has 0 atom stereocenters. The summed E-state index contributed by atoms with van der Waals surface area (Å²) < 4.78 is 14.4. The Morgan fingerprint density at radius 3 is 0.600 bits per heavy atom. The first-order chi connectivity index (χ1) is 74.4.